The fraction of sp³-hybridized carbons (Fsp3) is 0.556. The van der Waals surface area contributed by atoms with Crippen LogP contribution in [0.5, 0.6) is 0 Å². The molecule has 0 heterocycles. The second-order valence-corrected chi connectivity index (χ2v) is 30.5. The average Bonchev–Trinajstić information content (AvgIpc) is 2.97. The third-order valence-corrected chi connectivity index (χ3v) is 18.8. The van der Waals surface area contributed by atoms with E-state index in [0.29, 0.717) is 0 Å². The quantitative estimate of drug-likeness (QED) is 0.381. The maximum Gasteiger partial charge on any atom is -0.147 e. The van der Waals surface area contributed by atoms with Crippen molar-refractivity contribution in [1.82, 2.24) is 0 Å². The van der Waals surface area contributed by atoms with Crippen LogP contribution in [0.4, 0.5) is 0 Å². The number of hydrogen-bond acceptors (Lipinski definition) is 0. The molecule has 0 unspecified atom stereocenters. The van der Waals surface area contributed by atoms with Crippen LogP contribution >= 0.6 is 24.8 Å². The van der Waals surface area contributed by atoms with Crippen molar-refractivity contribution in [2.24, 2.45) is 0 Å². The van der Waals surface area contributed by atoms with E-state index in [1.54, 1.807) is 10.4 Å². The normalized spacial score (nSPS) is 18.4. The Morgan fingerprint density at radius 3 is 1.22 bits per heavy atom. The standard InChI is InChI=1S/2C8H13Si.2CH3.2ClH.Zr/c2*1-9(2,3)8-6-4-5-7-8;;;;;/h2*6-7H,4H2,1-3H3;2*1H3;2*1H;. The minimum Gasteiger partial charge on any atom is -0.147 e. The van der Waals surface area contributed by atoms with Crippen LogP contribution in [0.2, 0.25) is 48.5 Å². The monoisotopic (exact) mass is 466 g/mol. The first-order valence-corrected chi connectivity index (χ1v) is 22.6. The van der Waals surface area contributed by atoms with Gasteiger partial charge in [0.2, 0.25) is 0 Å². The van der Waals surface area contributed by atoms with Crippen molar-refractivity contribution in [2.75, 3.05) is 0 Å². The Hall–Kier alpha value is 0.857. The maximum atomic E-state index is 2.63. The third kappa shape index (κ3) is 5.41. The van der Waals surface area contributed by atoms with Crippen molar-refractivity contribution in [3.63, 3.8) is 0 Å². The minimum absolute atomic E-state index is 0. The van der Waals surface area contributed by atoms with Crippen LogP contribution in [0.3, 0.4) is 0 Å². The van der Waals surface area contributed by atoms with Crippen molar-refractivity contribution >= 4 is 41.0 Å². The molecule has 0 bridgehead atoms. The summed E-state index contributed by atoms with van der Waals surface area (Å²) in [7, 11) is -2.27. The molecule has 5 heteroatoms. The zero-order chi connectivity index (χ0) is 16.1. The number of halogens is 2. The van der Waals surface area contributed by atoms with Crippen LogP contribution in [0.25, 0.3) is 0 Å². The molecule has 0 saturated carbocycles. The van der Waals surface area contributed by atoms with Crippen molar-refractivity contribution in [1.29, 1.82) is 0 Å². The van der Waals surface area contributed by atoms with E-state index in [1.807, 2.05) is 6.56 Å². The molecular weight excluding hydrogens is 435 g/mol. The molecule has 0 spiro atoms. The van der Waals surface area contributed by atoms with Crippen molar-refractivity contribution < 1.29 is 20.3 Å². The van der Waals surface area contributed by atoms with Gasteiger partial charge in [0.1, 0.15) is 0 Å². The predicted molar refractivity (Wildman–Crippen MR) is 114 cm³/mol. The van der Waals surface area contributed by atoms with Gasteiger partial charge < -0.3 is 0 Å². The SMILES string of the molecule is C[Si](C)(C)C1=CC[C]([Zr]([CH3])([CH3])[C]2=CC([Si](C)(C)C)=CC2)=C1.Cl.Cl. The van der Waals surface area contributed by atoms with E-state index in [2.05, 4.69) is 72.8 Å². The van der Waals surface area contributed by atoms with Crippen LogP contribution in [0.1, 0.15) is 12.8 Å². The topological polar surface area (TPSA) is 0 Å². The predicted octanol–water partition coefficient (Wildman–Crippen LogP) is 7.26. The summed E-state index contributed by atoms with van der Waals surface area (Å²) in [5.74, 6) is 0. The number of allylic oxidation sites excluding steroid dienone is 8. The summed E-state index contributed by atoms with van der Waals surface area (Å²) in [6.07, 6.45) is 12.8. The van der Waals surface area contributed by atoms with E-state index in [1.165, 1.54) is 12.8 Å². The second-order valence-electron chi connectivity index (χ2n) is 9.19. The Morgan fingerprint density at radius 1 is 0.696 bits per heavy atom. The molecule has 0 aromatic carbocycles. The molecule has 0 aromatic heterocycles. The van der Waals surface area contributed by atoms with E-state index in [0.717, 1.165) is 0 Å². The molecule has 2 rings (SSSR count). The zero-order valence-electron chi connectivity index (χ0n) is 16.0. The van der Waals surface area contributed by atoms with Crippen LogP contribution in [0.15, 0.2) is 41.3 Å². The molecule has 2 aliphatic carbocycles. The van der Waals surface area contributed by atoms with Gasteiger partial charge in [0.15, 0.2) is 0 Å². The van der Waals surface area contributed by atoms with Crippen molar-refractivity contribution in [3.8, 4) is 0 Å². The van der Waals surface area contributed by atoms with E-state index < -0.39 is 36.4 Å². The summed E-state index contributed by atoms with van der Waals surface area (Å²) in [5, 5.41) is 3.39. The fourth-order valence-corrected chi connectivity index (χ4v) is 13.1. The smallest absolute Gasteiger partial charge is 0.147 e. The number of hydrogen-bond donors (Lipinski definition) is 0. The Bertz CT molecular complexity index is 521. The molecule has 23 heavy (non-hydrogen) atoms. The zero-order valence-corrected chi connectivity index (χ0v) is 22.1. The van der Waals surface area contributed by atoms with Gasteiger partial charge in [0, 0.05) is 0 Å². The Morgan fingerprint density at radius 2 is 1.00 bits per heavy atom. The summed E-state index contributed by atoms with van der Waals surface area (Å²) in [6.45, 7) is 14.8. The summed E-state index contributed by atoms with van der Waals surface area (Å²) >= 11 is -2.25. The first-order chi connectivity index (χ1) is 9.42. The van der Waals surface area contributed by atoms with Crippen LogP contribution in [0, 0.1) is 0 Å². The largest absolute Gasteiger partial charge is 0.147 e. The van der Waals surface area contributed by atoms with E-state index in [-0.39, 0.29) is 24.8 Å². The molecule has 0 nitrogen and oxygen atoms in total. The molecule has 0 amide bonds. The van der Waals surface area contributed by atoms with E-state index >= 15 is 0 Å². The molecule has 0 aliphatic heterocycles. The summed E-state index contributed by atoms with van der Waals surface area (Å²) in [6, 6.07) is 0. The molecule has 0 radical (unpaired) electrons. The third-order valence-electron chi connectivity index (χ3n) is 5.08. The Labute approximate surface area is 162 Å². The van der Waals surface area contributed by atoms with Gasteiger partial charge in [-0.2, -0.15) is 0 Å². The van der Waals surface area contributed by atoms with Crippen LogP contribution in [-0.4, -0.2) is 16.1 Å². The number of rotatable bonds is 4. The summed E-state index contributed by atoms with van der Waals surface area (Å²) in [5.41, 5.74) is 0. The van der Waals surface area contributed by atoms with Gasteiger partial charge in [-0.15, -0.1) is 24.8 Å². The maximum absolute atomic E-state index is 2.63. The van der Waals surface area contributed by atoms with E-state index in [4.69, 9.17) is 0 Å². The van der Waals surface area contributed by atoms with Gasteiger partial charge in [-0.25, -0.2) is 0 Å². The molecule has 0 saturated heterocycles. The molecule has 0 atom stereocenters. The van der Waals surface area contributed by atoms with Crippen LogP contribution < -0.4 is 0 Å². The Kier molecular flexibility index (Phi) is 8.34. The van der Waals surface area contributed by atoms with Gasteiger partial charge >= 0.3 is 139 Å². The second kappa shape index (κ2) is 8.04. The molecule has 132 valence electrons. The van der Waals surface area contributed by atoms with Gasteiger partial charge in [0.25, 0.3) is 0 Å². The fourth-order valence-electron chi connectivity index (χ4n) is 3.17. The van der Waals surface area contributed by atoms with Gasteiger partial charge in [0.05, 0.1) is 0 Å². The minimum atomic E-state index is -2.25. The summed E-state index contributed by atoms with van der Waals surface area (Å²) < 4.78 is 8.93. The summed E-state index contributed by atoms with van der Waals surface area (Å²) in [4.78, 5) is 0. The first kappa shape index (κ1) is 23.9. The van der Waals surface area contributed by atoms with E-state index in [9.17, 15) is 0 Å². The van der Waals surface area contributed by atoms with Crippen LogP contribution in [-0.2, 0) is 20.3 Å². The molecule has 2 aliphatic rings. The molecule has 0 fully saturated rings. The molecule has 0 aromatic rings. The Balaban J connectivity index is 0.00000242. The van der Waals surface area contributed by atoms with Gasteiger partial charge in [-0.3, -0.25) is 0 Å². The first-order valence-electron chi connectivity index (χ1n) is 8.26. The van der Waals surface area contributed by atoms with Crippen molar-refractivity contribution in [3.05, 3.63) is 41.3 Å². The average molecular weight is 469 g/mol. The molecular formula is C18H34Cl2Si2Zr. The van der Waals surface area contributed by atoms with Crippen molar-refractivity contribution in [2.45, 2.75) is 61.4 Å². The molecule has 0 N–H and O–H groups in total. The van der Waals surface area contributed by atoms with Gasteiger partial charge in [-0.05, 0) is 0 Å². The van der Waals surface area contributed by atoms with Gasteiger partial charge in [-0.1, -0.05) is 0 Å².